The Morgan fingerprint density at radius 1 is 1.13 bits per heavy atom. The number of nitrogens with one attached hydrogen (secondary N) is 2. The minimum Gasteiger partial charge on any atom is -0.355 e. The molecule has 23 heavy (non-hydrogen) atoms. The highest BCUT2D eigenvalue weighted by molar-refractivity contribution is 7.08. The van der Waals surface area contributed by atoms with Crippen LogP contribution in [0.3, 0.4) is 0 Å². The van der Waals surface area contributed by atoms with Crippen LogP contribution in [0.15, 0.2) is 16.8 Å². The highest BCUT2D eigenvalue weighted by atomic mass is 32.1. The van der Waals surface area contributed by atoms with Crippen LogP contribution < -0.4 is 10.6 Å². The van der Waals surface area contributed by atoms with Crippen molar-refractivity contribution in [2.24, 2.45) is 0 Å². The van der Waals surface area contributed by atoms with Crippen molar-refractivity contribution >= 4 is 23.2 Å². The van der Waals surface area contributed by atoms with Gasteiger partial charge >= 0.3 is 0 Å². The number of amides is 2. The second-order valence-corrected chi connectivity index (χ2v) is 6.93. The van der Waals surface area contributed by atoms with Crippen LogP contribution in [0, 0.1) is 0 Å². The molecule has 0 saturated heterocycles. The van der Waals surface area contributed by atoms with Crippen molar-refractivity contribution in [1.29, 1.82) is 0 Å². The summed E-state index contributed by atoms with van der Waals surface area (Å²) in [5.41, 5.74) is 0.682. The van der Waals surface area contributed by atoms with Crippen molar-refractivity contribution in [3.63, 3.8) is 0 Å². The zero-order chi connectivity index (χ0) is 17.2. The molecule has 0 unspecified atom stereocenters. The zero-order valence-electron chi connectivity index (χ0n) is 14.6. The summed E-state index contributed by atoms with van der Waals surface area (Å²) in [7, 11) is 0. The molecule has 1 aromatic heterocycles. The molecule has 1 rings (SSSR count). The molecule has 5 nitrogen and oxygen atoms in total. The van der Waals surface area contributed by atoms with Crippen LogP contribution in [0.1, 0.15) is 50.9 Å². The topological polar surface area (TPSA) is 61.4 Å². The van der Waals surface area contributed by atoms with E-state index in [4.69, 9.17) is 0 Å². The Labute approximate surface area is 143 Å². The van der Waals surface area contributed by atoms with Crippen LogP contribution in [-0.4, -0.2) is 48.4 Å². The van der Waals surface area contributed by atoms with E-state index in [1.165, 1.54) is 11.3 Å². The molecule has 1 heterocycles. The molecule has 0 aromatic carbocycles. The van der Waals surface area contributed by atoms with Crippen LogP contribution in [-0.2, 0) is 4.79 Å². The predicted octanol–water partition coefficient (Wildman–Crippen LogP) is 2.49. The van der Waals surface area contributed by atoms with E-state index in [0.717, 1.165) is 6.54 Å². The van der Waals surface area contributed by atoms with Gasteiger partial charge in [-0.1, -0.05) is 0 Å². The lowest BCUT2D eigenvalue weighted by atomic mass is 10.2. The normalized spacial score (nSPS) is 11.3. The lowest BCUT2D eigenvalue weighted by Gasteiger charge is -2.30. The van der Waals surface area contributed by atoms with Crippen molar-refractivity contribution in [3.05, 3.63) is 22.4 Å². The Balaban J connectivity index is 2.11. The minimum absolute atomic E-state index is 0.0437. The molecule has 0 aliphatic carbocycles. The maximum atomic E-state index is 11.8. The molecule has 0 fully saturated rings. The first-order valence-electron chi connectivity index (χ1n) is 8.24. The third kappa shape index (κ3) is 7.61. The first kappa shape index (κ1) is 19.6. The molecule has 1 aromatic rings. The molecule has 6 heteroatoms. The number of rotatable bonds is 10. The first-order valence-corrected chi connectivity index (χ1v) is 9.19. The van der Waals surface area contributed by atoms with Gasteiger partial charge in [-0.3, -0.25) is 14.5 Å². The Kier molecular flexibility index (Phi) is 8.87. The largest absolute Gasteiger partial charge is 0.355 e. The molecule has 2 N–H and O–H groups in total. The van der Waals surface area contributed by atoms with Crippen LogP contribution in [0.25, 0.3) is 0 Å². The molecular formula is C17H29N3O2S. The molecule has 0 aliphatic heterocycles. The van der Waals surface area contributed by atoms with Crippen LogP contribution >= 0.6 is 11.3 Å². The predicted molar refractivity (Wildman–Crippen MR) is 95.9 cm³/mol. The van der Waals surface area contributed by atoms with E-state index in [1.54, 1.807) is 6.07 Å². The molecule has 0 aliphatic rings. The number of hydrogen-bond acceptors (Lipinski definition) is 4. The Morgan fingerprint density at radius 2 is 1.83 bits per heavy atom. The zero-order valence-corrected chi connectivity index (χ0v) is 15.4. The van der Waals surface area contributed by atoms with E-state index >= 15 is 0 Å². The maximum Gasteiger partial charge on any atom is 0.252 e. The van der Waals surface area contributed by atoms with E-state index in [-0.39, 0.29) is 11.8 Å². The second-order valence-electron chi connectivity index (χ2n) is 6.15. The van der Waals surface area contributed by atoms with Crippen LogP contribution in [0.4, 0.5) is 0 Å². The molecule has 130 valence electrons. The summed E-state index contributed by atoms with van der Waals surface area (Å²) in [6.45, 7) is 10.7. The van der Waals surface area contributed by atoms with E-state index in [2.05, 4.69) is 43.2 Å². The fourth-order valence-corrected chi connectivity index (χ4v) is 3.11. The first-order chi connectivity index (χ1) is 10.9. The number of thiophene rings is 1. The summed E-state index contributed by atoms with van der Waals surface area (Å²) < 4.78 is 0. The second kappa shape index (κ2) is 10.4. The Bertz CT molecular complexity index is 464. The minimum atomic E-state index is -0.0730. The van der Waals surface area contributed by atoms with Gasteiger partial charge in [0.15, 0.2) is 0 Å². The average Bonchev–Trinajstić information content (AvgIpc) is 3.01. The Hall–Kier alpha value is -1.40. The molecule has 0 spiro atoms. The smallest absolute Gasteiger partial charge is 0.252 e. The summed E-state index contributed by atoms with van der Waals surface area (Å²) in [5.74, 6) is -0.0292. The van der Waals surface area contributed by atoms with Crippen molar-refractivity contribution in [1.82, 2.24) is 15.5 Å². The molecule has 0 radical (unpaired) electrons. The molecule has 0 atom stereocenters. The van der Waals surface area contributed by atoms with Gasteiger partial charge in [-0.15, -0.1) is 0 Å². The van der Waals surface area contributed by atoms with E-state index in [9.17, 15) is 9.59 Å². The lowest BCUT2D eigenvalue weighted by molar-refractivity contribution is -0.121. The van der Waals surface area contributed by atoms with E-state index in [1.807, 2.05) is 10.8 Å². The van der Waals surface area contributed by atoms with Crippen LogP contribution in [0.2, 0.25) is 0 Å². The fourth-order valence-electron chi connectivity index (χ4n) is 2.47. The van der Waals surface area contributed by atoms with Crippen molar-refractivity contribution in [2.75, 3.05) is 19.6 Å². The van der Waals surface area contributed by atoms with Gasteiger partial charge in [-0.25, -0.2) is 0 Å². The SMILES string of the molecule is CC(C)N(CCNC(=O)CCCNC(=O)c1ccsc1)C(C)C. The lowest BCUT2D eigenvalue weighted by Crippen LogP contribution is -2.42. The fraction of sp³-hybridized carbons (Fsp3) is 0.647. The van der Waals surface area contributed by atoms with Crippen LogP contribution in [0.5, 0.6) is 0 Å². The molecular weight excluding hydrogens is 310 g/mol. The van der Waals surface area contributed by atoms with Gasteiger partial charge in [0, 0.05) is 49.1 Å². The van der Waals surface area contributed by atoms with Gasteiger partial charge in [0.2, 0.25) is 5.91 Å². The van der Waals surface area contributed by atoms with Crippen molar-refractivity contribution in [3.8, 4) is 0 Å². The van der Waals surface area contributed by atoms with E-state index < -0.39 is 0 Å². The summed E-state index contributed by atoms with van der Waals surface area (Å²) in [5, 5.41) is 9.46. The van der Waals surface area contributed by atoms with Gasteiger partial charge in [0.1, 0.15) is 0 Å². The number of carbonyl (C=O) groups is 2. The van der Waals surface area contributed by atoms with Crippen molar-refractivity contribution < 1.29 is 9.59 Å². The van der Waals surface area contributed by atoms with Gasteiger partial charge in [0.25, 0.3) is 5.91 Å². The van der Waals surface area contributed by atoms with Gasteiger partial charge in [-0.05, 0) is 45.6 Å². The summed E-state index contributed by atoms with van der Waals surface area (Å²) in [6, 6.07) is 2.74. The summed E-state index contributed by atoms with van der Waals surface area (Å²) >= 11 is 1.50. The monoisotopic (exact) mass is 339 g/mol. The highest BCUT2D eigenvalue weighted by Gasteiger charge is 2.13. The summed E-state index contributed by atoms with van der Waals surface area (Å²) in [6.07, 6.45) is 1.09. The number of hydrogen-bond donors (Lipinski definition) is 2. The third-order valence-electron chi connectivity index (χ3n) is 3.67. The molecule has 0 bridgehead atoms. The standard InChI is InChI=1S/C17H29N3O2S/c1-13(2)20(14(3)4)10-9-18-16(21)6-5-8-19-17(22)15-7-11-23-12-15/h7,11-14H,5-6,8-10H2,1-4H3,(H,18,21)(H,19,22). The number of nitrogens with zero attached hydrogens (tertiary/aromatic N) is 1. The quantitative estimate of drug-likeness (QED) is 0.644. The summed E-state index contributed by atoms with van der Waals surface area (Å²) in [4.78, 5) is 25.9. The molecule has 0 saturated carbocycles. The van der Waals surface area contributed by atoms with Gasteiger partial charge in [-0.2, -0.15) is 11.3 Å². The number of carbonyl (C=O) groups excluding carboxylic acids is 2. The van der Waals surface area contributed by atoms with Gasteiger partial charge in [0.05, 0.1) is 0 Å². The highest BCUT2D eigenvalue weighted by Crippen LogP contribution is 2.05. The van der Waals surface area contributed by atoms with Crippen molar-refractivity contribution in [2.45, 2.75) is 52.6 Å². The maximum absolute atomic E-state index is 11.8. The van der Waals surface area contributed by atoms with E-state index in [0.29, 0.717) is 43.6 Å². The average molecular weight is 340 g/mol. The Morgan fingerprint density at radius 3 is 2.39 bits per heavy atom. The third-order valence-corrected chi connectivity index (χ3v) is 4.35. The molecule has 2 amide bonds. The van der Waals surface area contributed by atoms with Gasteiger partial charge < -0.3 is 10.6 Å².